The summed E-state index contributed by atoms with van der Waals surface area (Å²) < 4.78 is 11.2. The summed E-state index contributed by atoms with van der Waals surface area (Å²) in [6.45, 7) is 3.19. The molecule has 2 saturated heterocycles. The Morgan fingerprint density at radius 1 is 1.28 bits per heavy atom. The molecule has 0 aliphatic carbocycles. The van der Waals surface area contributed by atoms with Crippen LogP contribution in [0.1, 0.15) is 37.2 Å². The predicted octanol–water partition coefficient (Wildman–Crippen LogP) is 2.31. The summed E-state index contributed by atoms with van der Waals surface area (Å²) in [5.41, 5.74) is 1.06. The summed E-state index contributed by atoms with van der Waals surface area (Å²) in [4.78, 5) is 2.25. The van der Waals surface area contributed by atoms with Crippen LogP contribution in [0.25, 0.3) is 0 Å². The number of hydrogen-bond donors (Lipinski definition) is 1. The maximum absolute atomic E-state index is 10.3. The Morgan fingerprint density at radius 3 is 2.84 bits per heavy atom. The predicted molar refractivity (Wildman–Crippen MR) is 95.2 cm³/mol. The van der Waals surface area contributed by atoms with Crippen LogP contribution in [0.4, 0.5) is 0 Å². The van der Waals surface area contributed by atoms with Gasteiger partial charge >= 0.3 is 0 Å². The van der Waals surface area contributed by atoms with Gasteiger partial charge in [0.2, 0.25) is 0 Å². The highest BCUT2D eigenvalue weighted by molar-refractivity contribution is 5.27. The quantitative estimate of drug-likeness (QED) is 0.784. The molecular weight excluding hydrogens is 316 g/mol. The van der Waals surface area contributed by atoms with Crippen LogP contribution in [0.3, 0.4) is 0 Å². The van der Waals surface area contributed by atoms with E-state index in [0.717, 1.165) is 44.4 Å². The van der Waals surface area contributed by atoms with Crippen LogP contribution in [0.15, 0.2) is 30.3 Å². The molecule has 25 heavy (non-hydrogen) atoms. The number of hydrogen-bond acceptors (Lipinski definition) is 5. The minimum Gasteiger partial charge on any atom is -0.389 e. The largest absolute Gasteiger partial charge is 0.389 e. The Morgan fingerprint density at radius 2 is 2.12 bits per heavy atom. The zero-order valence-corrected chi connectivity index (χ0v) is 14.7. The van der Waals surface area contributed by atoms with E-state index < -0.39 is 6.10 Å². The van der Waals surface area contributed by atoms with Gasteiger partial charge in [-0.3, -0.25) is 4.90 Å². The third-order valence-electron chi connectivity index (χ3n) is 5.18. The molecule has 0 aromatic heterocycles. The van der Waals surface area contributed by atoms with Crippen molar-refractivity contribution in [3.63, 3.8) is 0 Å². The van der Waals surface area contributed by atoms with E-state index in [1.165, 1.54) is 0 Å². The molecule has 1 aromatic rings. The standard InChI is InChI=1S/C20H28N2O3/c21-12-19(16-6-2-1-3-7-16)20-9-4-10-22(20)13-17(23)14-24-15-18-8-5-11-25-18/h1-3,6-7,17-20,23H,4-5,8-11,13-15H2. The molecule has 4 unspecified atom stereocenters. The average molecular weight is 344 g/mol. The molecule has 2 heterocycles. The first-order valence-corrected chi connectivity index (χ1v) is 9.34. The molecule has 5 heteroatoms. The van der Waals surface area contributed by atoms with Crippen molar-refractivity contribution in [1.29, 1.82) is 5.26 Å². The number of nitriles is 1. The minimum absolute atomic E-state index is 0.149. The van der Waals surface area contributed by atoms with Gasteiger partial charge in [0.15, 0.2) is 0 Å². The van der Waals surface area contributed by atoms with Gasteiger partial charge in [0.1, 0.15) is 0 Å². The van der Waals surface area contributed by atoms with E-state index in [1.807, 2.05) is 30.3 Å². The van der Waals surface area contributed by atoms with Crippen molar-refractivity contribution in [3.05, 3.63) is 35.9 Å². The van der Waals surface area contributed by atoms with Gasteiger partial charge in [0.25, 0.3) is 0 Å². The number of ether oxygens (including phenoxy) is 2. The molecule has 2 fully saturated rings. The van der Waals surface area contributed by atoms with Crippen molar-refractivity contribution >= 4 is 0 Å². The first-order valence-electron chi connectivity index (χ1n) is 9.34. The van der Waals surface area contributed by atoms with E-state index in [1.54, 1.807) is 0 Å². The SMILES string of the molecule is N#CC(c1ccccc1)C1CCCN1CC(O)COCC1CCCO1. The average Bonchev–Trinajstić information content (AvgIpc) is 3.29. The van der Waals surface area contributed by atoms with Gasteiger partial charge in [-0.15, -0.1) is 0 Å². The Bertz CT molecular complexity index is 554. The number of β-amino-alcohol motifs (C(OH)–C–C–N with tert-alkyl or cyclic N) is 1. The number of likely N-dealkylation sites (tertiary alicyclic amines) is 1. The van der Waals surface area contributed by atoms with E-state index in [0.29, 0.717) is 19.8 Å². The van der Waals surface area contributed by atoms with E-state index in [-0.39, 0.29) is 18.1 Å². The second-order valence-electron chi connectivity index (χ2n) is 7.05. The van der Waals surface area contributed by atoms with E-state index in [2.05, 4.69) is 11.0 Å². The molecule has 0 radical (unpaired) electrons. The van der Waals surface area contributed by atoms with Crippen molar-refractivity contribution < 1.29 is 14.6 Å². The summed E-state index contributed by atoms with van der Waals surface area (Å²) in [5.74, 6) is -0.149. The maximum atomic E-state index is 10.3. The molecule has 2 aliphatic rings. The lowest BCUT2D eigenvalue weighted by Crippen LogP contribution is -2.41. The third-order valence-corrected chi connectivity index (χ3v) is 5.18. The molecule has 4 atom stereocenters. The van der Waals surface area contributed by atoms with E-state index in [9.17, 15) is 10.4 Å². The lowest BCUT2D eigenvalue weighted by molar-refractivity contribution is -0.0263. The first kappa shape index (κ1) is 18.3. The van der Waals surface area contributed by atoms with Gasteiger partial charge in [-0.2, -0.15) is 5.26 Å². The molecule has 1 aromatic carbocycles. The fourth-order valence-electron chi connectivity index (χ4n) is 3.93. The van der Waals surface area contributed by atoms with Crippen molar-refractivity contribution in [1.82, 2.24) is 4.90 Å². The number of aliphatic hydroxyl groups is 1. The monoisotopic (exact) mass is 344 g/mol. The molecule has 3 rings (SSSR count). The van der Waals surface area contributed by atoms with Crippen LogP contribution >= 0.6 is 0 Å². The molecule has 2 aliphatic heterocycles. The smallest absolute Gasteiger partial charge is 0.0900 e. The third kappa shape index (κ3) is 5.02. The highest BCUT2D eigenvalue weighted by atomic mass is 16.5. The summed E-state index contributed by atoms with van der Waals surface area (Å²) >= 11 is 0. The number of rotatable bonds is 8. The fraction of sp³-hybridized carbons (Fsp3) is 0.650. The van der Waals surface area contributed by atoms with Gasteiger partial charge in [-0.1, -0.05) is 30.3 Å². The Balaban J connectivity index is 1.49. The summed E-state index contributed by atoms with van der Waals surface area (Å²) in [6, 6.07) is 12.6. The first-order chi connectivity index (χ1) is 12.3. The Hall–Kier alpha value is -1.45. The molecule has 136 valence electrons. The summed E-state index contributed by atoms with van der Waals surface area (Å²) in [6.07, 6.45) is 3.87. The number of benzene rings is 1. The van der Waals surface area contributed by atoms with Crippen LogP contribution in [0, 0.1) is 11.3 Å². The molecule has 0 spiro atoms. The highest BCUT2D eigenvalue weighted by Crippen LogP contribution is 2.30. The Kier molecular flexibility index (Phi) is 6.83. The van der Waals surface area contributed by atoms with Crippen LogP contribution in [-0.4, -0.2) is 61.2 Å². The minimum atomic E-state index is -0.530. The topological polar surface area (TPSA) is 65.7 Å². The molecular formula is C20H28N2O3. The van der Waals surface area contributed by atoms with Gasteiger partial charge < -0.3 is 14.6 Å². The van der Waals surface area contributed by atoms with Gasteiger partial charge in [0.05, 0.1) is 37.4 Å². The van der Waals surface area contributed by atoms with Crippen LogP contribution < -0.4 is 0 Å². The second-order valence-corrected chi connectivity index (χ2v) is 7.05. The molecule has 1 N–H and O–H groups in total. The zero-order valence-electron chi connectivity index (χ0n) is 14.7. The summed E-state index contributed by atoms with van der Waals surface area (Å²) in [7, 11) is 0. The van der Waals surface area contributed by atoms with Gasteiger partial charge in [-0.05, 0) is 37.8 Å². The van der Waals surface area contributed by atoms with E-state index in [4.69, 9.17) is 9.47 Å². The van der Waals surface area contributed by atoms with Crippen molar-refractivity contribution in [2.24, 2.45) is 0 Å². The van der Waals surface area contributed by atoms with Gasteiger partial charge in [0, 0.05) is 19.2 Å². The normalized spacial score (nSPS) is 26.4. The van der Waals surface area contributed by atoms with Crippen LogP contribution in [0.5, 0.6) is 0 Å². The maximum Gasteiger partial charge on any atom is 0.0900 e. The lowest BCUT2D eigenvalue weighted by Gasteiger charge is -2.30. The summed E-state index contributed by atoms with van der Waals surface area (Å²) in [5, 5.41) is 20.0. The molecule has 0 saturated carbocycles. The second kappa shape index (κ2) is 9.30. The Labute approximate surface area is 150 Å². The highest BCUT2D eigenvalue weighted by Gasteiger charge is 2.33. The zero-order chi connectivity index (χ0) is 17.5. The van der Waals surface area contributed by atoms with Crippen LogP contribution in [-0.2, 0) is 9.47 Å². The lowest BCUT2D eigenvalue weighted by atomic mass is 9.91. The number of nitrogens with zero attached hydrogens (tertiary/aromatic N) is 2. The van der Waals surface area contributed by atoms with Crippen molar-refractivity contribution in [2.45, 2.75) is 49.9 Å². The molecule has 0 bridgehead atoms. The van der Waals surface area contributed by atoms with Gasteiger partial charge in [-0.25, -0.2) is 0 Å². The van der Waals surface area contributed by atoms with E-state index >= 15 is 0 Å². The molecule has 5 nitrogen and oxygen atoms in total. The molecule has 0 amide bonds. The number of aliphatic hydroxyl groups excluding tert-OH is 1. The van der Waals surface area contributed by atoms with Crippen molar-refractivity contribution in [3.8, 4) is 6.07 Å². The van der Waals surface area contributed by atoms with Crippen molar-refractivity contribution in [2.75, 3.05) is 32.9 Å². The van der Waals surface area contributed by atoms with Crippen LogP contribution in [0.2, 0.25) is 0 Å². The fourth-order valence-corrected chi connectivity index (χ4v) is 3.93.